The number of amidine groups is 1. The Hall–Kier alpha value is -2.15. The van der Waals surface area contributed by atoms with Crippen LogP contribution in [-0.4, -0.2) is 27.4 Å². The first-order chi connectivity index (χ1) is 9.70. The standard InChI is InChI=1S/C13H15N5OS/c1-18(13-15-12(17-20-13)8-6-7-8)10-5-3-2-4-9(10)11(14)16-19/h2-5,8,19H,6-7H2,1H3,(H2,14,16). The fourth-order valence-electron chi connectivity index (χ4n) is 2.01. The summed E-state index contributed by atoms with van der Waals surface area (Å²) in [6.45, 7) is 0. The van der Waals surface area contributed by atoms with Crippen LogP contribution in [0.25, 0.3) is 0 Å². The van der Waals surface area contributed by atoms with Gasteiger partial charge in [-0.15, -0.1) is 0 Å². The lowest BCUT2D eigenvalue weighted by molar-refractivity contribution is 0.318. The minimum absolute atomic E-state index is 0.0828. The maximum absolute atomic E-state index is 8.87. The van der Waals surface area contributed by atoms with E-state index >= 15 is 0 Å². The maximum Gasteiger partial charge on any atom is 0.209 e. The van der Waals surface area contributed by atoms with Gasteiger partial charge in [0.25, 0.3) is 0 Å². The van der Waals surface area contributed by atoms with Gasteiger partial charge in [0.1, 0.15) is 5.82 Å². The highest BCUT2D eigenvalue weighted by Gasteiger charge is 2.28. The van der Waals surface area contributed by atoms with E-state index < -0.39 is 0 Å². The minimum atomic E-state index is 0.0828. The van der Waals surface area contributed by atoms with Gasteiger partial charge in [-0.25, -0.2) is 4.98 Å². The SMILES string of the molecule is CN(c1nc(C2CC2)ns1)c1ccccc1/C(N)=N/O. The lowest BCUT2D eigenvalue weighted by Crippen LogP contribution is -2.19. The maximum atomic E-state index is 8.87. The van der Waals surface area contributed by atoms with E-state index in [1.54, 1.807) is 0 Å². The zero-order valence-corrected chi connectivity index (χ0v) is 11.8. The predicted octanol–water partition coefficient (Wildman–Crippen LogP) is 2.28. The van der Waals surface area contributed by atoms with Gasteiger partial charge in [0.05, 0.1) is 5.69 Å². The Morgan fingerprint density at radius 2 is 2.20 bits per heavy atom. The van der Waals surface area contributed by atoms with Crippen LogP contribution in [0.3, 0.4) is 0 Å². The van der Waals surface area contributed by atoms with E-state index in [2.05, 4.69) is 14.5 Å². The number of nitrogens with two attached hydrogens (primary N) is 1. The molecule has 0 amide bonds. The third-order valence-corrected chi connectivity index (χ3v) is 4.12. The van der Waals surface area contributed by atoms with Crippen molar-refractivity contribution in [2.24, 2.45) is 10.9 Å². The van der Waals surface area contributed by atoms with Gasteiger partial charge in [-0.05, 0) is 25.0 Å². The third-order valence-electron chi connectivity index (χ3n) is 3.31. The van der Waals surface area contributed by atoms with Crippen molar-refractivity contribution in [2.75, 3.05) is 11.9 Å². The lowest BCUT2D eigenvalue weighted by atomic mass is 10.1. The van der Waals surface area contributed by atoms with Crippen molar-refractivity contribution in [3.63, 3.8) is 0 Å². The van der Waals surface area contributed by atoms with Gasteiger partial charge in [-0.3, -0.25) is 0 Å². The van der Waals surface area contributed by atoms with Crippen LogP contribution in [0.2, 0.25) is 0 Å². The molecule has 0 atom stereocenters. The molecule has 0 radical (unpaired) electrons. The third kappa shape index (κ3) is 2.32. The van der Waals surface area contributed by atoms with Crippen LogP contribution in [0.5, 0.6) is 0 Å². The van der Waals surface area contributed by atoms with Crippen LogP contribution in [-0.2, 0) is 0 Å². The molecule has 1 heterocycles. The van der Waals surface area contributed by atoms with Crippen molar-refractivity contribution in [2.45, 2.75) is 18.8 Å². The number of rotatable bonds is 4. The first kappa shape index (κ1) is 12.9. The highest BCUT2D eigenvalue weighted by molar-refractivity contribution is 7.09. The molecule has 1 fully saturated rings. The van der Waals surface area contributed by atoms with E-state index in [4.69, 9.17) is 10.9 Å². The Morgan fingerprint density at radius 1 is 1.45 bits per heavy atom. The highest BCUT2D eigenvalue weighted by Crippen LogP contribution is 2.40. The number of hydrogen-bond donors (Lipinski definition) is 2. The normalized spacial score (nSPS) is 15.3. The molecule has 1 aromatic heterocycles. The molecule has 0 spiro atoms. The summed E-state index contributed by atoms with van der Waals surface area (Å²) < 4.78 is 4.40. The fraction of sp³-hybridized carbons (Fsp3) is 0.308. The van der Waals surface area contributed by atoms with Crippen molar-refractivity contribution < 1.29 is 5.21 Å². The van der Waals surface area contributed by atoms with E-state index in [0.717, 1.165) is 16.6 Å². The second-order valence-electron chi connectivity index (χ2n) is 4.77. The topological polar surface area (TPSA) is 87.6 Å². The Bertz CT molecular complexity index is 650. The first-order valence-electron chi connectivity index (χ1n) is 6.35. The van der Waals surface area contributed by atoms with Crippen molar-refractivity contribution in [1.29, 1.82) is 0 Å². The summed E-state index contributed by atoms with van der Waals surface area (Å²) in [4.78, 5) is 6.48. The van der Waals surface area contributed by atoms with E-state index in [1.807, 2.05) is 36.2 Å². The van der Waals surface area contributed by atoms with Gasteiger partial charge < -0.3 is 15.8 Å². The van der Waals surface area contributed by atoms with E-state index in [1.165, 1.54) is 24.4 Å². The molecule has 1 aliphatic carbocycles. The van der Waals surface area contributed by atoms with Crippen molar-refractivity contribution >= 4 is 28.2 Å². The van der Waals surface area contributed by atoms with E-state index in [0.29, 0.717) is 11.5 Å². The molecule has 1 aromatic carbocycles. The molecule has 3 rings (SSSR count). The summed E-state index contributed by atoms with van der Waals surface area (Å²) in [5.41, 5.74) is 7.22. The molecule has 6 nitrogen and oxygen atoms in total. The number of nitrogens with zero attached hydrogens (tertiary/aromatic N) is 4. The number of aromatic nitrogens is 2. The van der Waals surface area contributed by atoms with Crippen molar-refractivity contribution in [3.8, 4) is 0 Å². The molecule has 0 unspecified atom stereocenters. The molecule has 3 N–H and O–H groups in total. The Kier molecular flexibility index (Phi) is 3.27. The second-order valence-corrected chi connectivity index (χ2v) is 5.50. The smallest absolute Gasteiger partial charge is 0.209 e. The Balaban J connectivity index is 1.94. The summed E-state index contributed by atoms with van der Waals surface area (Å²) in [5, 5.41) is 12.8. The van der Waals surface area contributed by atoms with Gasteiger partial charge in [0.15, 0.2) is 5.84 Å². The molecule has 0 saturated heterocycles. The summed E-state index contributed by atoms with van der Waals surface area (Å²) in [6, 6.07) is 7.47. The van der Waals surface area contributed by atoms with Gasteiger partial charge in [0.2, 0.25) is 5.13 Å². The average Bonchev–Trinajstić information content (AvgIpc) is 3.23. The summed E-state index contributed by atoms with van der Waals surface area (Å²) in [7, 11) is 1.90. The molecule has 104 valence electrons. The van der Waals surface area contributed by atoms with E-state index in [-0.39, 0.29) is 5.84 Å². The summed E-state index contributed by atoms with van der Waals surface area (Å²) in [5.74, 6) is 1.55. The first-order valence-corrected chi connectivity index (χ1v) is 7.12. The predicted molar refractivity (Wildman–Crippen MR) is 78.9 cm³/mol. The van der Waals surface area contributed by atoms with Crippen LogP contribution < -0.4 is 10.6 Å². The van der Waals surface area contributed by atoms with Crippen molar-refractivity contribution in [3.05, 3.63) is 35.7 Å². The molecule has 0 aliphatic heterocycles. The molecule has 1 saturated carbocycles. The van der Waals surface area contributed by atoms with Crippen LogP contribution in [0.4, 0.5) is 10.8 Å². The number of oxime groups is 1. The average molecular weight is 289 g/mol. The number of hydrogen-bond acceptors (Lipinski definition) is 6. The van der Waals surface area contributed by atoms with E-state index in [9.17, 15) is 0 Å². The monoisotopic (exact) mass is 289 g/mol. The molecule has 20 heavy (non-hydrogen) atoms. The van der Waals surface area contributed by atoms with Crippen molar-refractivity contribution in [1.82, 2.24) is 9.36 Å². The lowest BCUT2D eigenvalue weighted by Gasteiger charge is -2.18. The zero-order chi connectivity index (χ0) is 14.1. The van der Waals surface area contributed by atoms with Gasteiger partial charge in [-0.1, -0.05) is 17.3 Å². The highest BCUT2D eigenvalue weighted by atomic mass is 32.1. The molecule has 1 aliphatic rings. The molecular weight excluding hydrogens is 274 g/mol. The zero-order valence-electron chi connectivity index (χ0n) is 11.0. The second kappa shape index (κ2) is 5.09. The summed E-state index contributed by atoms with van der Waals surface area (Å²) in [6.07, 6.45) is 2.36. The Labute approximate surface area is 120 Å². The van der Waals surface area contributed by atoms with Crippen LogP contribution in [0.1, 0.15) is 30.1 Å². The quantitative estimate of drug-likeness (QED) is 0.390. The molecule has 2 aromatic rings. The molecular formula is C13H15N5OS. The Morgan fingerprint density at radius 3 is 2.90 bits per heavy atom. The minimum Gasteiger partial charge on any atom is -0.409 e. The molecule has 0 bridgehead atoms. The van der Waals surface area contributed by atoms with Crippen LogP contribution in [0.15, 0.2) is 29.4 Å². The van der Waals surface area contributed by atoms with Gasteiger partial charge >= 0.3 is 0 Å². The summed E-state index contributed by atoms with van der Waals surface area (Å²) >= 11 is 1.37. The fourth-order valence-corrected chi connectivity index (χ4v) is 2.73. The van der Waals surface area contributed by atoms with Crippen LogP contribution >= 0.6 is 11.5 Å². The molecule has 7 heteroatoms. The number of benzene rings is 1. The van der Waals surface area contributed by atoms with Gasteiger partial charge in [-0.2, -0.15) is 4.37 Å². The van der Waals surface area contributed by atoms with Crippen LogP contribution in [0, 0.1) is 0 Å². The number of anilines is 2. The number of para-hydroxylation sites is 1. The van der Waals surface area contributed by atoms with Gasteiger partial charge in [0, 0.05) is 30.1 Å². The largest absolute Gasteiger partial charge is 0.409 e.